The number of aromatic amines is 1. The Bertz CT molecular complexity index is 2070. The van der Waals surface area contributed by atoms with Gasteiger partial charge in [0.05, 0.1) is 17.7 Å². The average Bonchev–Trinajstić information content (AvgIpc) is 3.82. The summed E-state index contributed by atoms with van der Waals surface area (Å²) in [6, 6.07) is 18.4. The van der Waals surface area contributed by atoms with Crippen molar-refractivity contribution in [3.05, 3.63) is 101 Å². The molecule has 2 aliphatic carbocycles. The largest absolute Gasteiger partial charge is 0.504 e. The van der Waals surface area contributed by atoms with Crippen LogP contribution < -0.4 is 15.8 Å². The summed E-state index contributed by atoms with van der Waals surface area (Å²) in [6.07, 6.45) is 10.4. The van der Waals surface area contributed by atoms with Crippen LogP contribution >= 0.6 is 0 Å². The molecule has 0 bridgehead atoms. The zero-order valence-corrected chi connectivity index (χ0v) is 28.5. The number of Topliss-reactive ketones (excluding diaryl/α,β-unsaturated/α-hetero) is 1. The molecule has 5 aromatic rings. The number of rotatable bonds is 13. The van der Waals surface area contributed by atoms with Gasteiger partial charge in [-0.05, 0) is 89.6 Å². The molecule has 1 saturated carbocycles. The molecule has 5 atom stereocenters. The van der Waals surface area contributed by atoms with E-state index >= 15 is 0 Å². The first-order valence-corrected chi connectivity index (χ1v) is 18.1. The Labute approximate surface area is 292 Å². The summed E-state index contributed by atoms with van der Waals surface area (Å²) in [7, 11) is 0. The topological polar surface area (TPSA) is 146 Å². The highest BCUT2D eigenvalue weighted by atomic mass is 16.5. The number of nitrogens with two attached hydrogens (primary N) is 1. The maximum Gasteiger partial charge on any atom is 0.165 e. The molecule has 0 spiro atoms. The summed E-state index contributed by atoms with van der Waals surface area (Å²) in [6.45, 7) is 2.18. The normalized spacial score (nSPS) is 21.4. The minimum absolute atomic E-state index is 0.0258. The number of benzene rings is 3. The minimum atomic E-state index is -0.842. The zero-order chi connectivity index (χ0) is 34.6. The molecular weight excluding hydrogens is 628 g/mol. The highest BCUT2D eigenvalue weighted by Crippen LogP contribution is 2.65. The van der Waals surface area contributed by atoms with Gasteiger partial charge in [-0.1, -0.05) is 56.2 Å². The van der Waals surface area contributed by atoms with E-state index in [9.17, 15) is 20.1 Å². The van der Waals surface area contributed by atoms with Crippen molar-refractivity contribution >= 4 is 22.4 Å². The molecule has 3 aliphatic rings. The number of aromatic nitrogens is 2. The van der Waals surface area contributed by atoms with Crippen LogP contribution in [0.25, 0.3) is 22.0 Å². The molecule has 3 heterocycles. The Hall–Kier alpha value is -4.57. The number of nitrogens with zero attached hydrogens (tertiary/aromatic N) is 1. The second kappa shape index (κ2) is 13.0. The lowest BCUT2D eigenvalue weighted by Gasteiger charge is -2.46. The first kappa shape index (κ1) is 32.6. The lowest BCUT2D eigenvalue weighted by atomic mass is 9.58. The number of hydrogen-bond donors (Lipinski definition) is 6. The van der Waals surface area contributed by atoms with E-state index in [0.717, 1.165) is 53.4 Å². The van der Waals surface area contributed by atoms with E-state index < -0.39 is 12.2 Å². The first-order valence-electron chi connectivity index (χ1n) is 18.1. The van der Waals surface area contributed by atoms with Gasteiger partial charge in [0.1, 0.15) is 11.9 Å². The third-order valence-corrected chi connectivity index (χ3v) is 11.3. The molecule has 9 nitrogen and oxygen atoms in total. The molecule has 0 saturated heterocycles. The Morgan fingerprint density at radius 3 is 2.76 bits per heavy atom. The van der Waals surface area contributed by atoms with Crippen molar-refractivity contribution in [2.24, 2.45) is 5.73 Å². The standard InChI is InChI=1S/C41H46N4O5/c1-2-6-25(46)18-27(48)19-26(47)14-12-24-13-15-36(49)37(17-24)50-23-45-21-30-33(20-43-35(30)22-45)41-16-5-10-31(41)28-7-4-11-34-39(28)38-29(40(42)44-34)8-3-9-32(38)41/h3-4,7-9,11,13,15,17,20-22,25,27,31,40,43-44,46,48-49H,2,5-6,10,12,14,16,18-19,23,42H2,1H3/t25-,27+,31+,40+,41+/m0/s1. The fourth-order valence-electron chi connectivity index (χ4n) is 9.18. The van der Waals surface area contributed by atoms with Gasteiger partial charge in [0, 0.05) is 53.5 Å². The summed E-state index contributed by atoms with van der Waals surface area (Å²) in [5.74, 6) is 0.673. The van der Waals surface area contributed by atoms with Crippen LogP contribution in [-0.2, 0) is 23.4 Å². The number of aliphatic hydroxyl groups excluding tert-OH is 2. The molecule has 1 fully saturated rings. The number of hydrogen-bond acceptors (Lipinski definition) is 7. The van der Waals surface area contributed by atoms with Crippen LogP contribution in [0.2, 0.25) is 0 Å². The maximum absolute atomic E-state index is 12.5. The van der Waals surface area contributed by atoms with Gasteiger partial charge in [0.15, 0.2) is 18.2 Å². The third-order valence-electron chi connectivity index (χ3n) is 11.3. The molecular formula is C41H46N4O5. The lowest BCUT2D eigenvalue weighted by molar-refractivity contribution is -0.121. The number of aryl methyl sites for hydroxylation is 1. The molecule has 50 heavy (non-hydrogen) atoms. The van der Waals surface area contributed by atoms with Crippen molar-refractivity contribution in [3.63, 3.8) is 0 Å². The van der Waals surface area contributed by atoms with Crippen molar-refractivity contribution < 1.29 is 24.9 Å². The Kier molecular flexibility index (Phi) is 8.45. The number of nitrogens with one attached hydrogen (secondary N) is 2. The molecule has 1 aliphatic heterocycles. The molecule has 2 aromatic heterocycles. The number of ketones is 1. The van der Waals surface area contributed by atoms with Crippen molar-refractivity contribution in [1.29, 1.82) is 0 Å². The number of H-pyrrole nitrogens is 1. The van der Waals surface area contributed by atoms with Crippen molar-refractivity contribution in [2.45, 2.75) is 101 Å². The van der Waals surface area contributed by atoms with E-state index in [1.54, 1.807) is 18.2 Å². The summed E-state index contributed by atoms with van der Waals surface area (Å²) in [5, 5.41) is 35.5. The fourth-order valence-corrected chi connectivity index (χ4v) is 9.18. The van der Waals surface area contributed by atoms with E-state index in [1.807, 2.05) is 11.5 Å². The number of phenolic OH excluding ortho intramolecular Hbond substituents is 1. The van der Waals surface area contributed by atoms with Crippen molar-refractivity contribution in [1.82, 2.24) is 9.55 Å². The zero-order valence-electron chi connectivity index (χ0n) is 28.5. The van der Waals surface area contributed by atoms with Gasteiger partial charge < -0.3 is 40.7 Å². The number of anilines is 1. The van der Waals surface area contributed by atoms with E-state index in [2.05, 4.69) is 65.3 Å². The van der Waals surface area contributed by atoms with Crippen LogP contribution in [0, 0.1) is 0 Å². The molecule has 8 rings (SSSR count). The Morgan fingerprint density at radius 2 is 1.90 bits per heavy atom. The van der Waals surface area contributed by atoms with Crippen LogP contribution in [0.1, 0.15) is 98.2 Å². The molecule has 260 valence electrons. The number of phenols is 1. The minimum Gasteiger partial charge on any atom is -0.504 e. The van der Waals surface area contributed by atoms with Crippen LogP contribution in [0.3, 0.4) is 0 Å². The van der Waals surface area contributed by atoms with Crippen LogP contribution in [-0.4, -0.2) is 42.9 Å². The highest BCUT2D eigenvalue weighted by Gasteiger charge is 2.53. The quantitative estimate of drug-likeness (QED) is 0.0779. The third kappa shape index (κ3) is 5.48. The van der Waals surface area contributed by atoms with Gasteiger partial charge in [0.2, 0.25) is 0 Å². The number of carbonyl (C=O) groups excluding carboxylic acids is 1. The van der Waals surface area contributed by atoms with E-state index in [0.29, 0.717) is 24.5 Å². The van der Waals surface area contributed by atoms with Crippen LogP contribution in [0.4, 0.5) is 5.69 Å². The van der Waals surface area contributed by atoms with Crippen molar-refractivity contribution in [2.75, 3.05) is 5.32 Å². The predicted molar refractivity (Wildman–Crippen MR) is 194 cm³/mol. The summed E-state index contributed by atoms with van der Waals surface area (Å²) >= 11 is 0. The van der Waals surface area contributed by atoms with Gasteiger partial charge in [-0.2, -0.15) is 0 Å². The average molecular weight is 675 g/mol. The van der Waals surface area contributed by atoms with E-state index in [4.69, 9.17) is 10.5 Å². The second-order valence-electron chi connectivity index (χ2n) is 14.5. The van der Waals surface area contributed by atoms with Gasteiger partial charge in [0.25, 0.3) is 0 Å². The Morgan fingerprint density at radius 1 is 1.06 bits per heavy atom. The number of carbonyl (C=O) groups is 1. The van der Waals surface area contributed by atoms with E-state index in [1.165, 1.54) is 27.8 Å². The highest BCUT2D eigenvalue weighted by molar-refractivity contribution is 5.94. The van der Waals surface area contributed by atoms with Crippen LogP contribution in [0.15, 0.2) is 73.2 Å². The number of aromatic hydroxyl groups is 1. The summed E-state index contributed by atoms with van der Waals surface area (Å²) in [4.78, 5) is 16.1. The van der Waals surface area contributed by atoms with Gasteiger partial charge >= 0.3 is 0 Å². The number of fused-ring (bicyclic) bond motifs is 4. The van der Waals surface area contributed by atoms with Gasteiger partial charge in [-0.25, -0.2) is 0 Å². The lowest BCUT2D eigenvalue weighted by Crippen LogP contribution is -2.37. The number of ether oxygens (including phenoxy) is 1. The molecule has 3 aromatic carbocycles. The Balaban J connectivity index is 1.02. The molecule has 0 unspecified atom stereocenters. The molecule has 7 N–H and O–H groups in total. The first-order chi connectivity index (χ1) is 24.3. The monoisotopic (exact) mass is 674 g/mol. The number of aliphatic hydroxyl groups is 2. The molecule has 0 radical (unpaired) electrons. The fraction of sp³-hybridized carbons (Fsp3) is 0.390. The van der Waals surface area contributed by atoms with Gasteiger partial charge in [-0.15, -0.1) is 0 Å². The SMILES string of the molecule is CCC[C@H](O)C[C@@H](O)CC(=O)CCc1ccc(O)c(OCn2cc3[nH]cc([C@]45CCC[C@@H]4c4cccc6c4-c4c(cccc45)[C@H](N)N6)c3c2)c1. The summed E-state index contributed by atoms with van der Waals surface area (Å²) in [5.41, 5.74) is 17.3. The second-order valence-corrected chi connectivity index (χ2v) is 14.5. The van der Waals surface area contributed by atoms with Crippen LogP contribution in [0.5, 0.6) is 11.5 Å². The smallest absolute Gasteiger partial charge is 0.165 e. The molecule has 0 amide bonds. The van der Waals surface area contributed by atoms with Gasteiger partial charge in [-0.3, -0.25) is 4.79 Å². The summed E-state index contributed by atoms with van der Waals surface area (Å²) < 4.78 is 8.15. The molecule has 9 heteroatoms. The maximum atomic E-state index is 12.5. The van der Waals surface area contributed by atoms with Crippen molar-refractivity contribution in [3.8, 4) is 22.6 Å². The predicted octanol–water partition coefficient (Wildman–Crippen LogP) is 7.13. The van der Waals surface area contributed by atoms with E-state index in [-0.39, 0.29) is 49.1 Å².